The number of piperidine rings is 1. The number of hydrogen-bond donors (Lipinski definition) is 2. The van der Waals surface area contributed by atoms with Crippen LogP contribution in [0.3, 0.4) is 0 Å². The molecule has 2 heterocycles. The van der Waals surface area contributed by atoms with Gasteiger partial charge in [-0.25, -0.2) is 5.48 Å². The fourth-order valence-corrected chi connectivity index (χ4v) is 6.39. The second-order valence-corrected chi connectivity index (χ2v) is 11.9. The second-order valence-electron chi connectivity index (χ2n) is 11.1. The van der Waals surface area contributed by atoms with Crippen molar-refractivity contribution in [2.45, 2.75) is 57.2 Å². The number of amides is 2. The summed E-state index contributed by atoms with van der Waals surface area (Å²) in [6, 6.07) is 13.4. The number of halogens is 2. The van der Waals surface area contributed by atoms with Crippen molar-refractivity contribution in [3.8, 4) is 11.5 Å². The van der Waals surface area contributed by atoms with E-state index in [-0.39, 0.29) is 33.7 Å². The molecule has 0 bridgehead atoms. The zero-order chi connectivity index (χ0) is 31.1. The molecule has 5 rings (SSSR count). The van der Waals surface area contributed by atoms with Gasteiger partial charge in [0, 0.05) is 55.9 Å². The number of rotatable bonds is 10. The van der Waals surface area contributed by atoms with Crippen molar-refractivity contribution >= 4 is 46.8 Å². The van der Waals surface area contributed by atoms with Gasteiger partial charge < -0.3 is 14.4 Å². The highest BCUT2D eigenvalue weighted by atomic mass is 35.5. The molecule has 2 aromatic carbocycles. The molecule has 9 nitrogen and oxygen atoms in total. The van der Waals surface area contributed by atoms with Crippen molar-refractivity contribution in [3.05, 3.63) is 87.7 Å². The van der Waals surface area contributed by atoms with Crippen molar-refractivity contribution in [3.63, 3.8) is 0 Å². The van der Waals surface area contributed by atoms with Crippen LogP contribution in [0.2, 0.25) is 10.0 Å². The number of methoxy groups -OCH3 is 1. The number of benzene rings is 2. The van der Waals surface area contributed by atoms with Crippen LogP contribution in [0, 0.1) is 0 Å². The summed E-state index contributed by atoms with van der Waals surface area (Å²) in [4.78, 5) is 33.7. The standard InChI is InChI=1S/C33H36Cl2N4O5/c1-43-29-12-11-25(18-30(29)44-26-4-2-3-5-26)39(33(41)32-27(34)19-36-20-28(32)35)24-14-16-38(17-15-24)21-23-8-6-22(7-9-23)10-13-31(40)37-42/h6-13,18-20,24,26,42H,2-5,14-17,21H2,1H3,(H,37,40)/b13-10+. The topological polar surface area (TPSA) is 104 Å². The van der Waals surface area contributed by atoms with Crippen molar-refractivity contribution in [2.75, 3.05) is 25.1 Å². The van der Waals surface area contributed by atoms with Crippen LogP contribution in [0.5, 0.6) is 11.5 Å². The van der Waals surface area contributed by atoms with Gasteiger partial charge in [-0.3, -0.25) is 24.7 Å². The Morgan fingerprint density at radius 2 is 1.70 bits per heavy atom. The first-order valence-corrected chi connectivity index (χ1v) is 15.5. The Balaban J connectivity index is 1.35. The highest BCUT2D eigenvalue weighted by Crippen LogP contribution is 2.38. The maximum absolute atomic E-state index is 14.2. The molecule has 0 spiro atoms. The van der Waals surface area contributed by atoms with Crippen LogP contribution in [-0.4, -0.2) is 59.3 Å². The van der Waals surface area contributed by atoms with E-state index in [1.165, 1.54) is 18.5 Å². The van der Waals surface area contributed by atoms with E-state index < -0.39 is 5.91 Å². The second kappa shape index (κ2) is 14.9. The van der Waals surface area contributed by atoms with E-state index in [0.717, 1.165) is 69.3 Å². The van der Waals surface area contributed by atoms with Crippen molar-refractivity contribution < 1.29 is 24.3 Å². The quantitative estimate of drug-likeness (QED) is 0.147. The van der Waals surface area contributed by atoms with Gasteiger partial charge in [0.1, 0.15) is 0 Å². The van der Waals surface area contributed by atoms with Crippen LogP contribution in [0.4, 0.5) is 5.69 Å². The minimum Gasteiger partial charge on any atom is -0.493 e. The van der Waals surface area contributed by atoms with Crippen LogP contribution in [0.15, 0.2) is 60.9 Å². The SMILES string of the molecule is COc1ccc(N(C(=O)c2c(Cl)cncc2Cl)C2CCN(Cc3ccc(/C=C/C(=O)NO)cc3)CC2)cc1OC1CCCC1. The first-order valence-electron chi connectivity index (χ1n) is 14.8. The van der Waals surface area contributed by atoms with E-state index in [0.29, 0.717) is 17.2 Å². The van der Waals surface area contributed by atoms with Crippen molar-refractivity contribution in [2.24, 2.45) is 0 Å². The molecule has 0 atom stereocenters. The van der Waals surface area contributed by atoms with Crippen LogP contribution in [0.1, 0.15) is 60.0 Å². The zero-order valence-corrected chi connectivity index (χ0v) is 26.1. The number of ether oxygens (including phenoxy) is 2. The lowest BCUT2D eigenvalue weighted by molar-refractivity contribution is -0.124. The third kappa shape index (κ3) is 7.71. The van der Waals surface area contributed by atoms with Crippen LogP contribution >= 0.6 is 23.2 Å². The lowest BCUT2D eigenvalue weighted by Crippen LogP contribution is -2.47. The van der Waals surface area contributed by atoms with E-state index >= 15 is 0 Å². The minimum atomic E-state index is -0.579. The number of hydroxylamine groups is 1. The Morgan fingerprint density at radius 1 is 1.02 bits per heavy atom. The fraction of sp³-hybridized carbons (Fsp3) is 0.364. The third-order valence-corrected chi connectivity index (χ3v) is 8.73. The lowest BCUT2D eigenvalue weighted by atomic mass is 10.00. The number of aromatic nitrogens is 1. The van der Waals surface area contributed by atoms with E-state index in [2.05, 4.69) is 9.88 Å². The summed E-state index contributed by atoms with van der Waals surface area (Å²) < 4.78 is 12.0. The fourth-order valence-electron chi connectivity index (χ4n) is 5.86. The number of nitrogens with one attached hydrogen (secondary N) is 1. The summed E-state index contributed by atoms with van der Waals surface area (Å²) in [5.74, 6) is 0.386. The number of carbonyl (C=O) groups excluding carboxylic acids is 2. The van der Waals surface area contributed by atoms with E-state index in [1.807, 2.05) is 42.5 Å². The Kier molecular flexibility index (Phi) is 10.8. The Labute approximate surface area is 267 Å². The molecule has 2 N–H and O–H groups in total. The number of pyridine rings is 1. The predicted octanol–water partition coefficient (Wildman–Crippen LogP) is 6.55. The predicted molar refractivity (Wildman–Crippen MR) is 171 cm³/mol. The summed E-state index contributed by atoms with van der Waals surface area (Å²) in [7, 11) is 1.62. The lowest BCUT2D eigenvalue weighted by Gasteiger charge is -2.39. The molecule has 232 valence electrons. The first kappa shape index (κ1) is 31.8. The molecule has 1 aromatic heterocycles. The van der Waals surface area contributed by atoms with Crippen molar-refractivity contribution in [1.29, 1.82) is 0 Å². The third-order valence-electron chi connectivity index (χ3n) is 8.15. The normalized spacial score (nSPS) is 16.3. The van der Waals surface area contributed by atoms with Gasteiger partial charge in [-0.05, 0) is 67.9 Å². The van der Waals surface area contributed by atoms with E-state index in [4.69, 9.17) is 37.9 Å². The van der Waals surface area contributed by atoms with Gasteiger partial charge in [-0.2, -0.15) is 0 Å². The first-order chi connectivity index (χ1) is 21.4. The number of hydrogen-bond acceptors (Lipinski definition) is 7. The Hall–Kier alpha value is -3.63. The molecule has 1 saturated heterocycles. The minimum absolute atomic E-state index is 0.100. The number of likely N-dealkylation sites (tertiary alicyclic amines) is 1. The largest absolute Gasteiger partial charge is 0.493 e. The Morgan fingerprint density at radius 3 is 2.34 bits per heavy atom. The highest BCUT2D eigenvalue weighted by molar-refractivity contribution is 6.40. The summed E-state index contributed by atoms with van der Waals surface area (Å²) in [6.45, 7) is 2.32. The molecule has 1 aliphatic heterocycles. The highest BCUT2D eigenvalue weighted by Gasteiger charge is 2.33. The van der Waals surface area contributed by atoms with Crippen LogP contribution in [-0.2, 0) is 11.3 Å². The average molecular weight is 640 g/mol. The van der Waals surface area contributed by atoms with E-state index in [9.17, 15) is 9.59 Å². The maximum Gasteiger partial charge on any atom is 0.267 e. The van der Waals surface area contributed by atoms with Gasteiger partial charge in [0.15, 0.2) is 11.5 Å². The molecular weight excluding hydrogens is 603 g/mol. The van der Waals surface area contributed by atoms with Crippen molar-refractivity contribution in [1.82, 2.24) is 15.4 Å². The zero-order valence-electron chi connectivity index (χ0n) is 24.5. The summed E-state index contributed by atoms with van der Waals surface area (Å²) in [6.07, 6.45) is 11.7. The number of carbonyl (C=O) groups is 2. The molecule has 2 aliphatic rings. The molecule has 2 fully saturated rings. The summed E-state index contributed by atoms with van der Waals surface area (Å²) in [5.41, 5.74) is 4.50. The molecular formula is C33H36Cl2N4O5. The molecule has 0 unspecified atom stereocenters. The van der Waals surface area contributed by atoms with Gasteiger partial charge in [0.2, 0.25) is 0 Å². The van der Waals surface area contributed by atoms with E-state index in [1.54, 1.807) is 23.6 Å². The van der Waals surface area contributed by atoms with Gasteiger partial charge in [0.05, 0.1) is 28.8 Å². The van der Waals surface area contributed by atoms with Gasteiger partial charge >= 0.3 is 0 Å². The number of nitrogens with zero attached hydrogens (tertiary/aromatic N) is 3. The number of anilines is 1. The molecule has 1 aliphatic carbocycles. The van der Waals surface area contributed by atoms with Gasteiger partial charge in [-0.15, -0.1) is 0 Å². The smallest absolute Gasteiger partial charge is 0.267 e. The molecule has 11 heteroatoms. The Bertz CT molecular complexity index is 1470. The molecule has 1 saturated carbocycles. The monoisotopic (exact) mass is 638 g/mol. The maximum atomic E-state index is 14.2. The van der Waals surface area contributed by atoms with Gasteiger partial charge in [-0.1, -0.05) is 47.5 Å². The average Bonchev–Trinajstić information content (AvgIpc) is 3.55. The summed E-state index contributed by atoms with van der Waals surface area (Å²) in [5, 5.41) is 9.06. The molecule has 3 aromatic rings. The summed E-state index contributed by atoms with van der Waals surface area (Å²) >= 11 is 12.9. The molecule has 44 heavy (non-hydrogen) atoms. The van der Waals surface area contributed by atoms with Crippen LogP contribution < -0.4 is 19.9 Å². The van der Waals surface area contributed by atoms with Gasteiger partial charge in [0.25, 0.3) is 11.8 Å². The van der Waals surface area contributed by atoms with Crippen LogP contribution in [0.25, 0.3) is 6.08 Å². The molecule has 0 radical (unpaired) electrons. The molecule has 2 amide bonds.